The molecular weight excluding hydrogens is 274 g/mol. The molecule has 0 saturated heterocycles. The minimum absolute atomic E-state index is 0.410. The van der Waals surface area contributed by atoms with Crippen molar-refractivity contribution in [1.29, 1.82) is 0 Å². The van der Waals surface area contributed by atoms with Gasteiger partial charge in [0.1, 0.15) is 0 Å². The molecule has 0 aliphatic heterocycles. The summed E-state index contributed by atoms with van der Waals surface area (Å²) in [6, 6.07) is 13.1. The second kappa shape index (κ2) is 5.26. The molecule has 0 aliphatic carbocycles. The van der Waals surface area contributed by atoms with Crippen LogP contribution in [0.1, 0.15) is 5.69 Å². The Kier molecular flexibility index (Phi) is 3.30. The van der Waals surface area contributed by atoms with Gasteiger partial charge in [0.25, 0.3) is 5.19 Å². The standard InChI is InChI=1S/C14H11N3O2S/c1-10-7-8-12(9-17(10)18)19-14-15-13(16-20-14)11-5-3-2-4-6-11/h2-9H,1H3. The average Bonchev–Trinajstić information content (AvgIpc) is 2.92. The maximum Gasteiger partial charge on any atom is 0.299 e. The van der Waals surface area contributed by atoms with Crippen molar-refractivity contribution in [2.45, 2.75) is 6.92 Å². The predicted octanol–water partition coefficient (Wildman–Crippen LogP) is 2.94. The summed E-state index contributed by atoms with van der Waals surface area (Å²) in [5, 5.41) is 11.9. The van der Waals surface area contributed by atoms with Gasteiger partial charge in [-0.05, 0) is 6.07 Å². The highest BCUT2D eigenvalue weighted by molar-refractivity contribution is 7.07. The van der Waals surface area contributed by atoms with Crippen molar-refractivity contribution in [3.8, 4) is 22.3 Å². The number of hydrogen-bond donors (Lipinski definition) is 0. The summed E-state index contributed by atoms with van der Waals surface area (Å²) >= 11 is 1.15. The molecule has 6 heteroatoms. The second-order valence-corrected chi connectivity index (χ2v) is 4.90. The molecule has 2 aromatic heterocycles. The van der Waals surface area contributed by atoms with Crippen LogP contribution < -0.4 is 9.47 Å². The first-order chi connectivity index (χ1) is 9.72. The van der Waals surface area contributed by atoms with Gasteiger partial charge in [0.2, 0.25) is 6.20 Å². The van der Waals surface area contributed by atoms with Gasteiger partial charge in [0.05, 0.1) is 0 Å². The summed E-state index contributed by atoms with van der Waals surface area (Å²) in [6.07, 6.45) is 1.37. The zero-order chi connectivity index (χ0) is 13.9. The van der Waals surface area contributed by atoms with E-state index in [1.807, 2.05) is 30.3 Å². The molecule has 0 bridgehead atoms. The van der Waals surface area contributed by atoms with Crippen molar-refractivity contribution in [3.63, 3.8) is 0 Å². The molecule has 1 aromatic carbocycles. The van der Waals surface area contributed by atoms with Crippen molar-refractivity contribution in [2.75, 3.05) is 0 Å². The van der Waals surface area contributed by atoms with Gasteiger partial charge in [-0.3, -0.25) is 0 Å². The first-order valence-corrected chi connectivity index (χ1v) is 6.76. The van der Waals surface area contributed by atoms with Gasteiger partial charge in [-0.15, -0.1) is 0 Å². The number of rotatable bonds is 3. The quantitative estimate of drug-likeness (QED) is 0.548. The molecular formula is C14H11N3O2S. The van der Waals surface area contributed by atoms with Crippen LogP contribution in [-0.4, -0.2) is 9.36 Å². The van der Waals surface area contributed by atoms with Crippen LogP contribution in [0.3, 0.4) is 0 Å². The average molecular weight is 285 g/mol. The molecule has 0 saturated carbocycles. The number of benzene rings is 1. The lowest BCUT2D eigenvalue weighted by atomic mass is 10.2. The van der Waals surface area contributed by atoms with Crippen molar-refractivity contribution in [1.82, 2.24) is 9.36 Å². The van der Waals surface area contributed by atoms with E-state index in [0.717, 1.165) is 21.8 Å². The Morgan fingerprint density at radius 3 is 2.70 bits per heavy atom. The number of ether oxygens (including phenoxy) is 1. The number of nitrogens with zero attached hydrogens (tertiary/aromatic N) is 3. The van der Waals surface area contributed by atoms with Crippen molar-refractivity contribution >= 4 is 11.5 Å². The van der Waals surface area contributed by atoms with Crippen molar-refractivity contribution in [2.24, 2.45) is 0 Å². The van der Waals surface area contributed by atoms with Gasteiger partial charge in [0.15, 0.2) is 17.3 Å². The Labute approximate surface area is 119 Å². The fourth-order valence-corrected chi connectivity index (χ4v) is 2.22. The molecule has 0 atom stereocenters. The van der Waals surface area contributed by atoms with Crippen LogP contribution in [0.5, 0.6) is 10.9 Å². The fourth-order valence-electron chi connectivity index (χ4n) is 1.65. The molecule has 0 fully saturated rings. The normalized spacial score (nSPS) is 10.4. The molecule has 20 heavy (non-hydrogen) atoms. The minimum Gasteiger partial charge on any atom is -0.618 e. The maximum atomic E-state index is 11.5. The molecule has 0 spiro atoms. The lowest BCUT2D eigenvalue weighted by Gasteiger charge is -2.02. The highest BCUT2D eigenvalue weighted by Crippen LogP contribution is 2.26. The Bertz CT molecular complexity index is 728. The predicted molar refractivity (Wildman–Crippen MR) is 75.6 cm³/mol. The van der Waals surface area contributed by atoms with Crippen molar-refractivity contribution in [3.05, 3.63) is 59.6 Å². The smallest absolute Gasteiger partial charge is 0.299 e. The Morgan fingerprint density at radius 1 is 1.15 bits per heavy atom. The number of aryl methyl sites for hydroxylation is 1. The molecule has 0 aliphatic rings. The van der Waals surface area contributed by atoms with Crippen LogP contribution in [0.25, 0.3) is 11.4 Å². The van der Waals surface area contributed by atoms with E-state index in [0.29, 0.717) is 22.5 Å². The summed E-state index contributed by atoms with van der Waals surface area (Å²) in [4.78, 5) is 4.30. The minimum atomic E-state index is 0.410. The van der Waals surface area contributed by atoms with E-state index in [-0.39, 0.29) is 0 Å². The second-order valence-electron chi connectivity index (χ2n) is 4.18. The fraction of sp³-hybridized carbons (Fsp3) is 0.0714. The van der Waals surface area contributed by atoms with Gasteiger partial charge >= 0.3 is 0 Å². The summed E-state index contributed by atoms with van der Waals surface area (Å²) < 4.78 is 10.5. The summed E-state index contributed by atoms with van der Waals surface area (Å²) in [7, 11) is 0. The Morgan fingerprint density at radius 2 is 1.95 bits per heavy atom. The van der Waals surface area contributed by atoms with Crippen LogP contribution in [0, 0.1) is 12.1 Å². The molecule has 3 aromatic rings. The summed E-state index contributed by atoms with van der Waals surface area (Å²) in [5.74, 6) is 1.06. The van der Waals surface area contributed by atoms with Crippen molar-refractivity contribution < 1.29 is 9.47 Å². The van der Waals surface area contributed by atoms with Crippen LogP contribution in [0.15, 0.2) is 48.7 Å². The van der Waals surface area contributed by atoms with E-state index < -0.39 is 0 Å². The molecule has 0 N–H and O–H groups in total. The van der Waals surface area contributed by atoms with E-state index in [4.69, 9.17) is 4.74 Å². The van der Waals surface area contributed by atoms with Crippen LogP contribution in [0.2, 0.25) is 0 Å². The maximum absolute atomic E-state index is 11.5. The lowest BCUT2D eigenvalue weighted by molar-refractivity contribution is -0.612. The zero-order valence-corrected chi connectivity index (χ0v) is 11.5. The topological polar surface area (TPSA) is 62.0 Å². The van der Waals surface area contributed by atoms with E-state index in [2.05, 4.69) is 9.36 Å². The monoisotopic (exact) mass is 285 g/mol. The molecule has 100 valence electrons. The van der Waals surface area contributed by atoms with Crippen LogP contribution in [-0.2, 0) is 0 Å². The molecule has 2 heterocycles. The highest BCUT2D eigenvalue weighted by Gasteiger charge is 2.10. The molecule has 0 amide bonds. The first kappa shape index (κ1) is 12.6. The summed E-state index contributed by atoms with van der Waals surface area (Å²) in [6.45, 7) is 1.73. The largest absolute Gasteiger partial charge is 0.618 e. The highest BCUT2D eigenvalue weighted by atomic mass is 32.1. The summed E-state index contributed by atoms with van der Waals surface area (Å²) in [5.41, 5.74) is 1.54. The third-order valence-electron chi connectivity index (χ3n) is 2.73. The Balaban J connectivity index is 1.82. The van der Waals surface area contributed by atoms with Crippen LogP contribution >= 0.6 is 11.5 Å². The zero-order valence-electron chi connectivity index (χ0n) is 10.7. The van der Waals surface area contributed by atoms with E-state index in [1.165, 1.54) is 6.20 Å². The van der Waals surface area contributed by atoms with Gasteiger partial charge in [-0.25, -0.2) is 0 Å². The third-order valence-corrected chi connectivity index (χ3v) is 3.32. The Hall–Kier alpha value is -2.47. The number of pyridine rings is 1. The number of hydrogen-bond acceptors (Lipinski definition) is 5. The van der Waals surface area contributed by atoms with E-state index >= 15 is 0 Å². The molecule has 5 nitrogen and oxygen atoms in total. The lowest BCUT2D eigenvalue weighted by Crippen LogP contribution is -2.28. The van der Waals surface area contributed by atoms with E-state index in [1.54, 1.807) is 19.1 Å². The molecule has 0 radical (unpaired) electrons. The SMILES string of the molecule is Cc1ccc(Oc2nc(-c3ccccc3)ns2)c[n+]1[O-]. The first-order valence-electron chi connectivity index (χ1n) is 5.99. The van der Waals surface area contributed by atoms with Gasteiger partial charge < -0.3 is 9.94 Å². The van der Waals surface area contributed by atoms with Gasteiger partial charge in [-0.1, -0.05) is 30.3 Å². The molecule has 3 rings (SSSR count). The molecule has 0 unspecified atom stereocenters. The van der Waals surface area contributed by atoms with Gasteiger partial charge in [0, 0.05) is 30.1 Å². The number of aromatic nitrogens is 3. The van der Waals surface area contributed by atoms with E-state index in [9.17, 15) is 5.21 Å². The van der Waals surface area contributed by atoms with Gasteiger partial charge in [-0.2, -0.15) is 14.1 Å². The third kappa shape index (κ3) is 2.60. The van der Waals surface area contributed by atoms with Crippen LogP contribution in [0.4, 0.5) is 0 Å².